The van der Waals surface area contributed by atoms with E-state index in [-0.39, 0.29) is 24.4 Å². The van der Waals surface area contributed by atoms with Crippen molar-refractivity contribution in [2.75, 3.05) is 20.1 Å². The Morgan fingerprint density at radius 3 is 2.54 bits per heavy atom. The van der Waals surface area contributed by atoms with Gasteiger partial charge in [-0.1, -0.05) is 54.3 Å². The molecule has 0 saturated carbocycles. The second-order valence-electron chi connectivity index (χ2n) is 10.3. The molecule has 1 fully saturated rings. The number of carbonyl (C=O) groups is 1. The van der Waals surface area contributed by atoms with Gasteiger partial charge in [-0.15, -0.1) is 0 Å². The molecule has 2 aliphatic rings. The largest absolute Gasteiger partial charge is 0.419 e. The molecule has 2 aliphatic heterocycles. The van der Waals surface area contributed by atoms with E-state index < -0.39 is 17.6 Å². The Morgan fingerprint density at radius 2 is 1.87 bits per heavy atom. The molecule has 2 heterocycles. The minimum atomic E-state index is -4.75. The van der Waals surface area contributed by atoms with Gasteiger partial charge >= 0.3 is 6.18 Å². The van der Waals surface area contributed by atoms with E-state index in [1.807, 2.05) is 35.3 Å². The van der Waals surface area contributed by atoms with Crippen molar-refractivity contribution in [2.24, 2.45) is 10.9 Å². The number of hydrogen-bond acceptors (Lipinski definition) is 3. The summed E-state index contributed by atoms with van der Waals surface area (Å²) >= 11 is 12.4. The van der Waals surface area contributed by atoms with Crippen LogP contribution in [0.5, 0.6) is 0 Å². The number of halogens is 6. The first-order valence-electron chi connectivity index (χ1n) is 13.0. The number of benzene rings is 2. The van der Waals surface area contributed by atoms with Crippen LogP contribution < -0.4 is 0 Å². The van der Waals surface area contributed by atoms with Gasteiger partial charge in [-0.25, -0.2) is 4.39 Å². The summed E-state index contributed by atoms with van der Waals surface area (Å²) in [7, 11) is 1.83. The Bertz CT molecular complexity index is 1220. The molecule has 0 aliphatic carbocycles. The molecule has 0 aromatic heterocycles. The molecule has 1 unspecified atom stereocenters. The zero-order valence-electron chi connectivity index (χ0n) is 21.6. The molecule has 4 nitrogen and oxygen atoms in total. The fraction of sp³-hybridized carbons (Fsp3) is 0.448. The molecule has 39 heavy (non-hydrogen) atoms. The fourth-order valence-corrected chi connectivity index (χ4v) is 5.64. The SMILES string of the molecule is CN(Cc1ccc(C(F)(F)F)c(F)c1)[C@H]1CN(C(=O)CCCCCC2C=CN=C2)C[C@@H]1c1ccc(Cl)c(Cl)c1. The van der Waals surface area contributed by atoms with Gasteiger partial charge in [-0.3, -0.25) is 14.7 Å². The first-order valence-corrected chi connectivity index (χ1v) is 13.8. The molecule has 0 bridgehead atoms. The van der Waals surface area contributed by atoms with Crippen molar-refractivity contribution in [3.8, 4) is 0 Å². The third-order valence-electron chi connectivity index (χ3n) is 7.48. The number of allylic oxidation sites excluding steroid dienone is 1. The number of likely N-dealkylation sites (N-methyl/N-ethyl adjacent to an activating group) is 1. The number of hydrogen-bond donors (Lipinski definition) is 0. The smallest absolute Gasteiger partial charge is 0.340 e. The second kappa shape index (κ2) is 12.8. The summed E-state index contributed by atoms with van der Waals surface area (Å²) in [4.78, 5) is 21.0. The van der Waals surface area contributed by atoms with Crippen LogP contribution >= 0.6 is 23.2 Å². The van der Waals surface area contributed by atoms with Crippen LogP contribution in [0.3, 0.4) is 0 Å². The minimum absolute atomic E-state index is 0.0684. The second-order valence-corrected chi connectivity index (χ2v) is 11.1. The van der Waals surface area contributed by atoms with E-state index in [1.165, 1.54) is 6.07 Å². The molecule has 0 spiro atoms. The Balaban J connectivity index is 1.42. The zero-order chi connectivity index (χ0) is 28.2. The lowest BCUT2D eigenvalue weighted by molar-refractivity contribution is -0.140. The van der Waals surface area contributed by atoms with Crippen LogP contribution in [0.25, 0.3) is 0 Å². The third kappa shape index (κ3) is 7.62. The predicted octanol–water partition coefficient (Wildman–Crippen LogP) is 7.74. The maximum Gasteiger partial charge on any atom is 0.419 e. The molecule has 1 amide bonds. The van der Waals surface area contributed by atoms with Gasteiger partial charge < -0.3 is 4.90 Å². The summed E-state index contributed by atoms with van der Waals surface area (Å²) in [5, 5.41) is 0.836. The average Bonchev–Trinajstić information content (AvgIpc) is 3.55. The van der Waals surface area contributed by atoms with E-state index in [1.54, 1.807) is 12.1 Å². The van der Waals surface area contributed by atoms with Crippen LogP contribution in [0.4, 0.5) is 17.6 Å². The van der Waals surface area contributed by atoms with E-state index >= 15 is 0 Å². The van der Waals surface area contributed by atoms with Crippen LogP contribution in [0.15, 0.2) is 53.7 Å². The molecule has 0 radical (unpaired) electrons. The van der Waals surface area contributed by atoms with Gasteiger partial charge in [0.05, 0.1) is 15.6 Å². The Hall–Kier alpha value is -2.42. The number of alkyl halides is 3. The van der Waals surface area contributed by atoms with Crippen LogP contribution in [0, 0.1) is 11.7 Å². The molecular formula is C29H31Cl2F4N3O. The van der Waals surface area contributed by atoms with E-state index in [2.05, 4.69) is 11.1 Å². The van der Waals surface area contributed by atoms with E-state index in [4.69, 9.17) is 23.2 Å². The first kappa shape index (κ1) is 29.6. The van der Waals surface area contributed by atoms with Crippen molar-refractivity contribution in [2.45, 2.75) is 56.8 Å². The maximum absolute atomic E-state index is 14.2. The first-order chi connectivity index (χ1) is 18.5. The van der Waals surface area contributed by atoms with Gasteiger partial charge in [0.1, 0.15) is 5.82 Å². The van der Waals surface area contributed by atoms with Crippen LogP contribution in [0.1, 0.15) is 54.7 Å². The van der Waals surface area contributed by atoms with Crippen LogP contribution in [-0.4, -0.2) is 48.1 Å². The van der Waals surface area contributed by atoms with Crippen molar-refractivity contribution < 1.29 is 22.4 Å². The number of likely N-dealkylation sites (tertiary alicyclic amines) is 1. The van der Waals surface area contributed by atoms with E-state index in [9.17, 15) is 22.4 Å². The topological polar surface area (TPSA) is 35.9 Å². The van der Waals surface area contributed by atoms with Crippen molar-refractivity contribution in [3.05, 3.63) is 81.2 Å². The van der Waals surface area contributed by atoms with Gasteiger partial charge in [0.2, 0.25) is 5.91 Å². The van der Waals surface area contributed by atoms with Crippen molar-refractivity contribution in [3.63, 3.8) is 0 Å². The van der Waals surface area contributed by atoms with E-state index in [0.717, 1.165) is 43.4 Å². The Kier molecular flexibility index (Phi) is 9.73. The van der Waals surface area contributed by atoms with Gasteiger partial charge in [0, 0.05) is 56.3 Å². The van der Waals surface area contributed by atoms with Gasteiger partial charge in [0.15, 0.2) is 0 Å². The molecule has 2 aromatic rings. The normalized spacial score (nSPS) is 20.9. The number of unbranched alkanes of at least 4 members (excludes halogenated alkanes) is 2. The molecule has 3 atom stereocenters. The zero-order valence-corrected chi connectivity index (χ0v) is 23.1. The quantitative estimate of drug-likeness (QED) is 0.212. The van der Waals surface area contributed by atoms with Crippen molar-refractivity contribution in [1.82, 2.24) is 9.80 Å². The molecule has 0 N–H and O–H groups in total. The minimum Gasteiger partial charge on any atom is -0.340 e. The Labute approximate surface area is 236 Å². The van der Waals surface area contributed by atoms with Crippen LogP contribution in [-0.2, 0) is 17.5 Å². The average molecular weight is 584 g/mol. The molecule has 210 valence electrons. The standard InChI is InChI=1S/C29H31Cl2F4N3O/c1-37(16-20-7-9-23(26(32)13-20)29(33,34)35)27-18-38(17-22(27)21-8-10-24(30)25(31)14-21)28(39)6-4-2-3-5-19-11-12-36-15-19/h7-15,19,22,27H,2-6,16-18H2,1H3/t19?,22-,27+/m1/s1. The summed E-state index contributed by atoms with van der Waals surface area (Å²) in [6.45, 7) is 1.15. The predicted molar refractivity (Wildman–Crippen MR) is 147 cm³/mol. The van der Waals surface area contributed by atoms with Crippen molar-refractivity contribution in [1.29, 1.82) is 0 Å². The Morgan fingerprint density at radius 1 is 1.08 bits per heavy atom. The highest BCUT2D eigenvalue weighted by Gasteiger charge is 2.39. The third-order valence-corrected chi connectivity index (χ3v) is 8.21. The van der Waals surface area contributed by atoms with Gasteiger partial charge in [0.25, 0.3) is 0 Å². The number of aliphatic imine (C=N–C) groups is 1. The lowest BCUT2D eigenvalue weighted by atomic mass is 9.93. The summed E-state index contributed by atoms with van der Waals surface area (Å²) in [6.07, 6.45) is 5.33. The summed E-state index contributed by atoms with van der Waals surface area (Å²) < 4.78 is 53.2. The number of amides is 1. The number of carbonyl (C=O) groups excluding carboxylic acids is 1. The van der Waals surface area contributed by atoms with Gasteiger partial charge in [-0.2, -0.15) is 13.2 Å². The monoisotopic (exact) mass is 583 g/mol. The van der Waals surface area contributed by atoms with Gasteiger partial charge in [-0.05, 0) is 55.3 Å². The maximum atomic E-state index is 14.2. The molecular weight excluding hydrogens is 553 g/mol. The highest BCUT2D eigenvalue weighted by atomic mass is 35.5. The summed E-state index contributed by atoms with van der Waals surface area (Å²) in [5.74, 6) is -0.935. The van der Waals surface area contributed by atoms with Crippen LogP contribution in [0.2, 0.25) is 10.0 Å². The molecule has 10 heteroatoms. The summed E-state index contributed by atoms with van der Waals surface area (Å²) in [5.41, 5.74) is 0.0531. The molecule has 2 aromatic carbocycles. The summed E-state index contributed by atoms with van der Waals surface area (Å²) in [6, 6.07) is 8.24. The van der Waals surface area contributed by atoms with Crippen molar-refractivity contribution >= 4 is 35.3 Å². The number of rotatable bonds is 10. The lowest BCUT2D eigenvalue weighted by Crippen LogP contribution is -2.38. The highest BCUT2D eigenvalue weighted by Crippen LogP contribution is 2.36. The van der Waals surface area contributed by atoms with E-state index in [0.29, 0.717) is 41.0 Å². The number of nitrogens with zero attached hydrogens (tertiary/aromatic N) is 3. The molecule has 1 saturated heterocycles. The molecule has 4 rings (SSSR count). The lowest BCUT2D eigenvalue weighted by Gasteiger charge is -2.29. The highest BCUT2D eigenvalue weighted by molar-refractivity contribution is 6.42. The fourth-order valence-electron chi connectivity index (χ4n) is 5.33.